The summed E-state index contributed by atoms with van der Waals surface area (Å²) < 4.78 is 19.4. The van der Waals surface area contributed by atoms with Crippen LogP contribution in [0.3, 0.4) is 0 Å². The molecule has 1 heterocycles. The van der Waals surface area contributed by atoms with Crippen LogP contribution >= 0.6 is 23.2 Å². The number of hydrogen-bond acceptors (Lipinski definition) is 4. The highest BCUT2D eigenvalue weighted by molar-refractivity contribution is 6.31. The lowest BCUT2D eigenvalue weighted by Crippen LogP contribution is -2.30. The molecule has 34 heavy (non-hydrogen) atoms. The van der Waals surface area contributed by atoms with Gasteiger partial charge in [-0.1, -0.05) is 29.3 Å². The maximum absolute atomic E-state index is 13.8. The van der Waals surface area contributed by atoms with Crippen LogP contribution in [0.5, 0.6) is 5.75 Å². The molecule has 0 saturated carbocycles. The summed E-state index contributed by atoms with van der Waals surface area (Å²) in [5, 5.41) is 4.87. The molecular weight excluding hydrogens is 480 g/mol. The minimum atomic E-state index is -0.499. The molecule has 1 N–H and O–H groups in total. The zero-order valence-corrected chi connectivity index (χ0v) is 19.4. The molecule has 0 spiro atoms. The SMILES string of the molecule is O=C(N/N=C\c1ccc(OCc2c(F)cccc2Cl)cc1)[C@H]1CC(=O)N(c2ccc(Cl)cc2)C1. The number of hydrogen-bond donors (Lipinski definition) is 1. The van der Waals surface area contributed by atoms with Gasteiger partial charge in [0.2, 0.25) is 11.8 Å². The molecule has 0 bridgehead atoms. The lowest BCUT2D eigenvalue weighted by molar-refractivity contribution is -0.126. The van der Waals surface area contributed by atoms with Crippen LogP contribution in [0.2, 0.25) is 10.0 Å². The highest BCUT2D eigenvalue weighted by Crippen LogP contribution is 2.26. The number of nitrogens with zero attached hydrogens (tertiary/aromatic N) is 2. The number of amides is 2. The quantitative estimate of drug-likeness (QED) is 0.358. The van der Waals surface area contributed by atoms with Crippen LogP contribution in [-0.2, 0) is 16.2 Å². The highest BCUT2D eigenvalue weighted by Gasteiger charge is 2.35. The summed E-state index contributed by atoms with van der Waals surface area (Å²) in [4.78, 5) is 26.3. The number of ether oxygens (including phenoxy) is 1. The molecule has 4 rings (SSSR count). The fourth-order valence-corrected chi connectivity index (χ4v) is 3.83. The van der Waals surface area contributed by atoms with E-state index in [9.17, 15) is 14.0 Å². The average molecular weight is 500 g/mol. The van der Waals surface area contributed by atoms with E-state index in [2.05, 4.69) is 10.5 Å². The van der Waals surface area contributed by atoms with Crippen molar-refractivity contribution < 1.29 is 18.7 Å². The summed E-state index contributed by atoms with van der Waals surface area (Å²) >= 11 is 11.9. The van der Waals surface area contributed by atoms with Crippen molar-refractivity contribution in [3.63, 3.8) is 0 Å². The molecule has 174 valence electrons. The Kier molecular flexibility index (Phi) is 7.45. The van der Waals surface area contributed by atoms with Gasteiger partial charge in [-0.25, -0.2) is 9.82 Å². The molecule has 3 aromatic carbocycles. The van der Waals surface area contributed by atoms with E-state index in [-0.39, 0.29) is 37.0 Å². The summed E-state index contributed by atoms with van der Waals surface area (Å²) in [6.45, 7) is 0.280. The second-order valence-electron chi connectivity index (χ2n) is 7.67. The Morgan fingerprint density at radius 2 is 1.85 bits per heavy atom. The average Bonchev–Trinajstić information content (AvgIpc) is 3.22. The Labute approximate surface area is 205 Å². The van der Waals surface area contributed by atoms with Gasteiger partial charge in [0.15, 0.2) is 0 Å². The van der Waals surface area contributed by atoms with Gasteiger partial charge in [-0.05, 0) is 66.2 Å². The zero-order chi connectivity index (χ0) is 24.1. The second-order valence-corrected chi connectivity index (χ2v) is 8.52. The molecule has 0 radical (unpaired) electrons. The number of hydrazone groups is 1. The normalized spacial score (nSPS) is 15.7. The number of benzene rings is 3. The van der Waals surface area contributed by atoms with E-state index in [1.165, 1.54) is 18.3 Å². The van der Waals surface area contributed by atoms with Crippen LogP contribution in [0, 0.1) is 11.7 Å². The smallest absolute Gasteiger partial charge is 0.245 e. The van der Waals surface area contributed by atoms with Gasteiger partial charge in [-0.2, -0.15) is 5.10 Å². The summed E-state index contributed by atoms with van der Waals surface area (Å²) in [6.07, 6.45) is 1.60. The Bertz CT molecular complexity index is 1200. The molecule has 2 amide bonds. The lowest BCUT2D eigenvalue weighted by Gasteiger charge is -2.16. The first-order chi connectivity index (χ1) is 16.4. The maximum atomic E-state index is 13.8. The van der Waals surface area contributed by atoms with Gasteiger partial charge in [0.05, 0.1) is 17.2 Å². The predicted octanol–water partition coefficient (Wildman–Crippen LogP) is 5.21. The van der Waals surface area contributed by atoms with Gasteiger partial charge in [-0.15, -0.1) is 0 Å². The molecule has 3 aromatic rings. The van der Waals surface area contributed by atoms with E-state index in [1.54, 1.807) is 59.5 Å². The van der Waals surface area contributed by atoms with Crippen molar-refractivity contribution in [2.75, 3.05) is 11.4 Å². The Balaban J connectivity index is 1.28. The van der Waals surface area contributed by atoms with Crippen molar-refractivity contribution in [1.82, 2.24) is 5.43 Å². The Morgan fingerprint density at radius 1 is 1.12 bits per heavy atom. The molecule has 1 aliphatic heterocycles. The molecule has 0 aromatic heterocycles. The second kappa shape index (κ2) is 10.7. The van der Waals surface area contributed by atoms with E-state index >= 15 is 0 Å². The first kappa shape index (κ1) is 23.7. The standard InChI is InChI=1S/C25H20Cl2FN3O3/c26-18-6-8-19(9-7-18)31-14-17(12-24(31)32)25(33)30-29-13-16-4-10-20(11-5-16)34-15-21-22(27)2-1-3-23(21)28/h1-11,13,17H,12,14-15H2,(H,30,33)/b29-13-/t17-/m0/s1. The molecular formula is C25H20Cl2FN3O3. The predicted molar refractivity (Wildman–Crippen MR) is 130 cm³/mol. The number of carbonyl (C=O) groups is 2. The van der Waals surface area contributed by atoms with Gasteiger partial charge in [0.25, 0.3) is 0 Å². The van der Waals surface area contributed by atoms with Gasteiger partial charge >= 0.3 is 0 Å². The zero-order valence-electron chi connectivity index (χ0n) is 17.9. The van der Waals surface area contributed by atoms with Crippen molar-refractivity contribution in [3.05, 3.63) is 93.7 Å². The number of carbonyl (C=O) groups excluding carboxylic acids is 2. The Morgan fingerprint density at radius 3 is 2.56 bits per heavy atom. The van der Waals surface area contributed by atoms with E-state index in [0.29, 0.717) is 21.5 Å². The van der Waals surface area contributed by atoms with Crippen molar-refractivity contribution in [1.29, 1.82) is 0 Å². The fourth-order valence-electron chi connectivity index (χ4n) is 3.49. The summed E-state index contributed by atoms with van der Waals surface area (Å²) in [5.74, 6) is -0.845. The molecule has 1 aliphatic rings. The number of rotatable bonds is 7. The first-order valence-electron chi connectivity index (χ1n) is 10.5. The van der Waals surface area contributed by atoms with Gasteiger partial charge < -0.3 is 9.64 Å². The number of anilines is 1. The first-order valence-corrected chi connectivity index (χ1v) is 11.2. The Hall–Kier alpha value is -3.42. The summed E-state index contributed by atoms with van der Waals surface area (Å²) in [5.41, 5.74) is 4.21. The van der Waals surface area contributed by atoms with E-state index in [4.69, 9.17) is 27.9 Å². The van der Waals surface area contributed by atoms with Gasteiger partial charge in [0, 0.05) is 29.2 Å². The highest BCUT2D eigenvalue weighted by atomic mass is 35.5. The molecule has 6 nitrogen and oxygen atoms in total. The third-order valence-corrected chi connectivity index (χ3v) is 5.95. The van der Waals surface area contributed by atoms with Crippen molar-refractivity contribution in [2.24, 2.45) is 11.0 Å². The monoisotopic (exact) mass is 499 g/mol. The van der Waals surface area contributed by atoms with Crippen LogP contribution in [0.4, 0.5) is 10.1 Å². The van der Waals surface area contributed by atoms with Crippen LogP contribution in [-0.4, -0.2) is 24.6 Å². The molecule has 0 unspecified atom stereocenters. The molecule has 1 atom stereocenters. The van der Waals surface area contributed by atoms with Crippen LogP contribution < -0.4 is 15.1 Å². The fraction of sp³-hybridized carbons (Fsp3) is 0.160. The van der Waals surface area contributed by atoms with Gasteiger partial charge in [-0.3, -0.25) is 9.59 Å². The minimum Gasteiger partial charge on any atom is -0.489 e. The molecule has 1 fully saturated rings. The maximum Gasteiger partial charge on any atom is 0.245 e. The largest absolute Gasteiger partial charge is 0.489 e. The molecule has 1 saturated heterocycles. The van der Waals surface area contributed by atoms with E-state index in [0.717, 1.165) is 5.56 Å². The third kappa shape index (κ3) is 5.73. The topological polar surface area (TPSA) is 71.0 Å². The number of nitrogens with one attached hydrogen (secondary N) is 1. The van der Waals surface area contributed by atoms with Crippen molar-refractivity contribution >= 4 is 46.9 Å². The molecule has 0 aliphatic carbocycles. The number of halogens is 3. The molecule has 9 heteroatoms. The summed E-state index contributed by atoms with van der Waals surface area (Å²) in [7, 11) is 0. The van der Waals surface area contributed by atoms with E-state index < -0.39 is 11.7 Å². The third-order valence-electron chi connectivity index (χ3n) is 5.35. The van der Waals surface area contributed by atoms with Gasteiger partial charge in [0.1, 0.15) is 18.2 Å². The minimum absolute atomic E-state index is 0.00213. The van der Waals surface area contributed by atoms with Crippen molar-refractivity contribution in [2.45, 2.75) is 13.0 Å². The lowest BCUT2D eigenvalue weighted by atomic mass is 10.1. The van der Waals surface area contributed by atoms with E-state index in [1.807, 2.05) is 0 Å². The summed E-state index contributed by atoms with van der Waals surface area (Å²) in [6, 6.07) is 18.3. The van der Waals surface area contributed by atoms with Crippen LogP contribution in [0.15, 0.2) is 71.8 Å². The van der Waals surface area contributed by atoms with Crippen molar-refractivity contribution in [3.8, 4) is 5.75 Å². The van der Waals surface area contributed by atoms with Crippen LogP contribution in [0.25, 0.3) is 0 Å². The van der Waals surface area contributed by atoms with Crippen LogP contribution in [0.1, 0.15) is 17.5 Å².